The first-order valence-electron chi connectivity index (χ1n) is 9.61. The Morgan fingerprint density at radius 2 is 1.88 bits per heavy atom. The summed E-state index contributed by atoms with van der Waals surface area (Å²) in [6.07, 6.45) is 1.02. The molecule has 0 aromatic heterocycles. The highest BCUT2D eigenvalue weighted by Gasteiger charge is 2.24. The van der Waals surface area contributed by atoms with Gasteiger partial charge in [0.15, 0.2) is 0 Å². The summed E-state index contributed by atoms with van der Waals surface area (Å²) in [7, 11) is 1.73. The molecule has 1 unspecified atom stereocenters. The average Bonchev–Trinajstić information content (AvgIpc) is 2.70. The average molecular weight is 354 g/mol. The van der Waals surface area contributed by atoms with Crippen LogP contribution in [0.2, 0.25) is 0 Å². The highest BCUT2D eigenvalue weighted by atomic mass is 16.5. The van der Waals surface area contributed by atoms with Gasteiger partial charge in [-0.1, -0.05) is 38.1 Å². The maximum Gasteiger partial charge on any atom is 0.123 e. The Labute approximate surface area is 157 Å². The Kier molecular flexibility index (Phi) is 6.53. The minimum absolute atomic E-state index is 0.166. The molecule has 2 aromatic rings. The molecule has 140 valence electrons. The van der Waals surface area contributed by atoms with Gasteiger partial charge in [0, 0.05) is 18.7 Å². The fraction of sp³-hybridized carbons (Fsp3) is 0.455. The molecule has 0 spiro atoms. The molecule has 2 aromatic carbocycles. The number of para-hydroxylation sites is 1. The predicted molar refractivity (Wildman–Crippen MR) is 106 cm³/mol. The van der Waals surface area contributed by atoms with Crippen LogP contribution in [0.25, 0.3) is 0 Å². The third kappa shape index (κ3) is 4.19. The minimum atomic E-state index is 0.166. The molecule has 1 atom stereocenters. The number of nitrogens with one attached hydrogen (secondary N) is 1. The largest absolute Gasteiger partial charge is 0.496 e. The Hall–Kier alpha value is -2.04. The summed E-state index contributed by atoms with van der Waals surface area (Å²) in [5, 5.41) is 3.63. The van der Waals surface area contributed by atoms with Crippen molar-refractivity contribution in [3.63, 3.8) is 0 Å². The van der Waals surface area contributed by atoms with Gasteiger partial charge in [-0.25, -0.2) is 0 Å². The lowest BCUT2D eigenvalue weighted by molar-refractivity contribution is 0.222. The van der Waals surface area contributed by atoms with Gasteiger partial charge in [-0.3, -0.25) is 0 Å². The van der Waals surface area contributed by atoms with Crippen molar-refractivity contribution >= 4 is 0 Å². The lowest BCUT2D eigenvalue weighted by Gasteiger charge is -2.29. The van der Waals surface area contributed by atoms with Gasteiger partial charge in [-0.2, -0.15) is 0 Å². The van der Waals surface area contributed by atoms with Crippen molar-refractivity contribution in [2.75, 3.05) is 39.9 Å². The normalized spacial score (nSPS) is 16.4. The molecule has 1 aliphatic heterocycles. The first-order valence-corrected chi connectivity index (χ1v) is 9.61. The van der Waals surface area contributed by atoms with Crippen molar-refractivity contribution in [2.45, 2.75) is 26.3 Å². The molecule has 0 saturated heterocycles. The molecule has 0 amide bonds. The first-order chi connectivity index (χ1) is 12.8. The first kappa shape index (κ1) is 18.7. The summed E-state index contributed by atoms with van der Waals surface area (Å²) >= 11 is 0. The van der Waals surface area contributed by atoms with Crippen LogP contribution >= 0.6 is 0 Å². The van der Waals surface area contributed by atoms with E-state index in [-0.39, 0.29) is 6.04 Å². The summed E-state index contributed by atoms with van der Waals surface area (Å²) in [4.78, 5) is 2.38. The molecule has 4 nitrogen and oxygen atoms in total. The van der Waals surface area contributed by atoms with E-state index in [9.17, 15) is 0 Å². The van der Waals surface area contributed by atoms with E-state index in [4.69, 9.17) is 9.47 Å². The molecule has 4 heteroatoms. The van der Waals surface area contributed by atoms with Crippen molar-refractivity contribution in [3.05, 3.63) is 59.2 Å². The number of benzene rings is 2. The summed E-state index contributed by atoms with van der Waals surface area (Å²) in [6.45, 7) is 9.16. The molecular formula is C22H30N2O2. The monoisotopic (exact) mass is 354 g/mol. The summed E-state index contributed by atoms with van der Waals surface area (Å²) in [5.74, 6) is 1.90. The number of nitrogens with zero attached hydrogens (tertiary/aromatic N) is 1. The Balaban J connectivity index is 1.75. The van der Waals surface area contributed by atoms with Crippen LogP contribution in [0.15, 0.2) is 42.5 Å². The fourth-order valence-corrected chi connectivity index (χ4v) is 3.65. The van der Waals surface area contributed by atoms with Crippen LogP contribution in [-0.4, -0.2) is 44.8 Å². The van der Waals surface area contributed by atoms with Crippen LogP contribution in [0.5, 0.6) is 11.5 Å². The zero-order valence-electron chi connectivity index (χ0n) is 16.1. The second-order valence-corrected chi connectivity index (χ2v) is 6.62. The van der Waals surface area contributed by atoms with Crippen molar-refractivity contribution in [1.82, 2.24) is 10.2 Å². The fourth-order valence-electron chi connectivity index (χ4n) is 3.65. The van der Waals surface area contributed by atoms with E-state index >= 15 is 0 Å². The quantitative estimate of drug-likeness (QED) is 0.785. The van der Waals surface area contributed by atoms with E-state index in [2.05, 4.69) is 54.4 Å². The maximum absolute atomic E-state index is 6.01. The SMILES string of the molecule is CCN(CC)CCOc1ccc2c(c1)CCNC2c1ccccc1OC. The molecule has 1 heterocycles. The lowest BCUT2D eigenvalue weighted by Crippen LogP contribution is -2.31. The molecular weight excluding hydrogens is 324 g/mol. The minimum Gasteiger partial charge on any atom is -0.496 e. The Morgan fingerprint density at radius 1 is 1.08 bits per heavy atom. The zero-order valence-corrected chi connectivity index (χ0v) is 16.1. The second kappa shape index (κ2) is 9.06. The van der Waals surface area contributed by atoms with E-state index in [0.717, 1.165) is 50.7 Å². The number of hydrogen-bond donors (Lipinski definition) is 1. The highest BCUT2D eigenvalue weighted by molar-refractivity contribution is 5.47. The molecule has 0 radical (unpaired) electrons. The summed E-state index contributed by atoms with van der Waals surface area (Å²) in [5.41, 5.74) is 3.86. The number of likely N-dealkylation sites (N-methyl/N-ethyl adjacent to an activating group) is 1. The van der Waals surface area contributed by atoms with Gasteiger partial charge in [-0.05, 0) is 48.8 Å². The van der Waals surface area contributed by atoms with E-state index in [1.54, 1.807) is 7.11 Å². The van der Waals surface area contributed by atoms with Gasteiger partial charge >= 0.3 is 0 Å². The van der Waals surface area contributed by atoms with Gasteiger partial charge in [0.05, 0.1) is 13.2 Å². The molecule has 26 heavy (non-hydrogen) atoms. The number of ether oxygens (including phenoxy) is 2. The van der Waals surface area contributed by atoms with Crippen LogP contribution in [-0.2, 0) is 6.42 Å². The highest BCUT2D eigenvalue weighted by Crippen LogP contribution is 2.35. The second-order valence-electron chi connectivity index (χ2n) is 6.62. The standard InChI is InChI=1S/C22H30N2O2/c1-4-24(5-2)14-15-26-18-10-11-19-17(16-18)12-13-23-22(19)20-8-6-7-9-21(20)25-3/h6-11,16,22-23H,4-5,12-15H2,1-3H3. The predicted octanol–water partition coefficient (Wildman–Crippen LogP) is 3.65. The number of hydrogen-bond acceptors (Lipinski definition) is 4. The van der Waals surface area contributed by atoms with Crippen molar-refractivity contribution in [3.8, 4) is 11.5 Å². The van der Waals surface area contributed by atoms with Crippen LogP contribution in [0, 0.1) is 0 Å². The third-order valence-corrected chi connectivity index (χ3v) is 5.19. The lowest BCUT2D eigenvalue weighted by atomic mass is 9.89. The van der Waals surface area contributed by atoms with E-state index in [1.165, 1.54) is 16.7 Å². The van der Waals surface area contributed by atoms with E-state index in [0.29, 0.717) is 0 Å². The van der Waals surface area contributed by atoms with Gasteiger partial charge in [0.25, 0.3) is 0 Å². The van der Waals surface area contributed by atoms with Crippen molar-refractivity contribution in [2.24, 2.45) is 0 Å². The molecule has 3 rings (SSSR count). The molecule has 0 saturated carbocycles. The molecule has 1 aliphatic rings. The van der Waals surface area contributed by atoms with Crippen LogP contribution in [0.3, 0.4) is 0 Å². The Bertz CT molecular complexity index is 713. The summed E-state index contributed by atoms with van der Waals surface area (Å²) < 4.78 is 11.6. The molecule has 0 bridgehead atoms. The molecule has 0 fully saturated rings. The topological polar surface area (TPSA) is 33.7 Å². The number of rotatable bonds is 8. The molecule has 0 aliphatic carbocycles. The van der Waals surface area contributed by atoms with Crippen LogP contribution in [0.4, 0.5) is 0 Å². The van der Waals surface area contributed by atoms with Crippen molar-refractivity contribution < 1.29 is 9.47 Å². The third-order valence-electron chi connectivity index (χ3n) is 5.19. The zero-order chi connectivity index (χ0) is 18.4. The van der Waals surface area contributed by atoms with Gasteiger partial charge < -0.3 is 19.7 Å². The van der Waals surface area contributed by atoms with Crippen molar-refractivity contribution in [1.29, 1.82) is 0 Å². The smallest absolute Gasteiger partial charge is 0.123 e. The molecule has 1 N–H and O–H groups in total. The maximum atomic E-state index is 6.01. The van der Waals surface area contributed by atoms with E-state index in [1.807, 2.05) is 12.1 Å². The Morgan fingerprint density at radius 3 is 2.65 bits per heavy atom. The van der Waals surface area contributed by atoms with E-state index < -0.39 is 0 Å². The van der Waals surface area contributed by atoms with Crippen LogP contribution in [0.1, 0.15) is 36.6 Å². The summed E-state index contributed by atoms with van der Waals surface area (Å²) in [6, 6.07) is 14.9. The van der Waals surface area contributed by atoms with Gasteiger partial charge in [-0.15, -0.1) is 0 Å². The number of methoxy groups -OCH3 is 1. The van der Waals surface area contributed by atoms with Gasteiger partial charge in [0.2, 0.25) is 0 Å². The van der Waals surface area contributed by atoms with Gasteiger partial charge in [0.1, 0.15) is 18.1 Å². The van der Waals surface area contributed by atoms with Crippen LogP contribution < -0.4 is 14.8 Å². The number of fused-ring (bicyclic) bond motifs is 1.